The van der Waals surface area contributed by atoms with Crippen molar-refractivity contribution in [1.29, 1.82) is 0 Å². The summed E-state index contributed by atoms with van der Waals surface area (Å²) in [6.07, 6.45) is 4.32. The van der Waals surface area contributed by atoms with Crippen molar-refractivity contribution >= 4 is 49.4 Å². The van der Waals surface area contributed by atoms with E-state index in [0.29, 0.717) is 0 Å². The van der Waals surface area contributed by atoms with E-state index in [1.54, 1.807) is 0 Å². The standard InChI is InChI=1S/C31H26N2.ClH/c1-31(2)27-14-8-9-15-29(27)33(3)30(31)18-19-32-28-20-26-22-11-5-4-10-21(22)16-17-24(26)23-12-6-7-13-25(23)28;/h4-20H,1-3H3;1H. The number of para-hydroxylation sites is 1. The molecule has 34 heavy (non-hydrogen) atoms. The molecule has 1 aliphatic heterocycles. The van der Waals surface area contributed by atoms with Crippen molar-refractivity contribution in [3.8, 4) is 0 Å². The highest BCUT2D eigenvalue weighted by molar-refractivity contribution is 6.20. The third-order valence-corrected chi connectivity index (χ3v) is 7.19. The van der Waals surface area contributed by atoms with Gasteiger partial charge in [0.25, 0.3) is 0 Å². The van der Waals surface area contributed by atoms with Crippen molar-refractivity contribution in [1.82, 2.24) is 0 Å². The quantitative estimate of drug-likeness (QED) is 0.301. The van der Waals surface area contributed by atoms with Gasteiger partial charge >= 0.3 is 0 Å². The summed E-state index contributed by atoms with van der Waals surface area (Å²) in [7, 11) is 2.16. The predicted octanol–water partition coefficient (Wildman–Crippen LogP) is 4.78. The van der Waals surface area contributed by atoms with Gasteiger partial charge in [0.1, 0.15) is 7.05 Å². The molecule has 168 valence electrons. The van der Waals surface area contributed by atoms with Gasteiger partial charge in [0.15, 0.2) is 5.71 Å². The molecule has 0 saturated carbocycles. The van der Waals surface area contributed by atoms with Gasteiger partial charge in [-0.2, -0.15) is 4.58 Å². The fourth-order valence-corrected chi connectivity index (χ4v) is 5.49. The highest BCUT2D eigenvalue weighted by Gasteiger charge is 2.42. The Balaban J connectivity index is 0.00000241. The lowest BCUT2D eigenvalue weighted by Crippen LogP contribution is -3.00. The minimum atomic E-state index is -0.0365. The summed E-state index contributed by atoms with van der Waals surface area (Å²) in [5.41, 5.74) is 5.03. The molecule has 0 amide bonds. The van der Waals surface area contributed by atoms with Crippen molar-refractivity contribution in [3.05, 3.63) is 109 Å². The maximum Gasteiger partial charge on any atom is 0.209 e. The van der Waals surface area contributed by atoms with Crippen LogP contribution in [0.5, 0.6) is 0 Å². The molecule has 0 aliphatic carbocycles. The van der Waals surface area contributed by atoms with Gasteiger partial charge in [-0.25, -0.2) is 0 Å². The number of anilines is 1. The highest BCUT2D eigenvalue weighted by atomic mass is 35.5. The summed E-state index contributed by atoms with van der Waals surface area (Å²) in [5, 5.41) is 11.3. The second-order valence-corrected chi connectivity index (χ2v) is 9.42. The Kier molecular flexibility index (Phi) is 5.42. The van der Waals surface area contributed by atoms with Crippen LogP contribution in [0.2, 0.25) is 0 Å². The van der Waals surface area contributed by atoms with Gasteiger partial charge in [-0.3, -0.25) is 0 Å². The SMILES string of the molecule is C[N+]1=C(/C=C/Nc2cc3c4ccccc4ccc3c3ccccc23)C(C)(C)c2ccccc21.[Cl-]. The van der Waals surface area contributed by atoms with E-state index in [1.807, 2.05) is 0 Å². The van der Waals surface area contributed by atoms with E-state index >= 15 is 0 Å². The van der Waals surface area contributed by atoms with E-state index in [0.717, 1.165) is 5.69 Å². The second-order valence-electron chi connectivity index (χ2n) is 9.42. The van der Waals surface area contributed by atoms with Gasteiger partial charge in [-0.05, 0) is 46.8 Å². The second kappa shape index (κ2) is 8.30. The van der Waals surface area contributed by atoms with Crippen LogP contribution in [0.25, 0.3) is 32.3 Å². The lowest BCUT2D eigenvalue weighted by molar-refractivity contribution is -0.401. The number of allylic oxidation sites excluding steroid dienone is 1. The summed E-state index contributed by atoms with van der Waals surface area (Å²) in [6, 6.07) is 32.8. The molecule has 3 heteroatoms. The van der Waals surface area contributed by atoms with E-state index in [4.69, 9.17) is 0 Å². The Morgan fingerprint density at radius 1 is 0.706 bits per heavy atom. The molecule has 0 aromatic heterocycles. The van der Waals surface area contributed by atoms with Crippen molar-refractivity contribution < 1.29 is 17.0 Å². The molecule has 6 rings (SSSR count). The topological polar surface area (TPSA) is 15.0 Å². The molecule has 0 fully saturated rings. The first-order valence-electron chi connectivity index (χ1n) is 11.5. The van der Waals surface area contributed by atoms with E-state index in [1.165, 1.54) is 49.3 Å². The Morgan fingerprint density at radius 3 is 2.15 bits per heavy atom. The molecule has 0 radical (unpaired) electrons. The third-order valence-electron chi connectivity index (χ3n) is 7.19. The Hall–Kier alpha value is -3.62. The monoisotopic (exact) mass is 462 g/mol. The summed E-state index contributed by atoms with van der Waals surface area (Å²) < 4.78 is 2.31. The van der Waals surface area contributed by atoms with Crippen LogP contribution in [0.3, 0.4) is 0 Å². The Morgan fingerprint density at radius 2 is 1.35 bits per heavy atom. The fraction of sp³-hybridized carbons (Fsp3) is 0.129. The largest absolute Gasteiger partial charge is 1.00 e. The zero-order chi connectivity index (χ0) is 22.6. The molecule has 5 aromatic carbocycles. The maximum atomic E-state index is 3.63. The van der Waals surface area contributed by atoms with E-state index in [9.17, 15) is 0 Å². The molecule has 1 aliphatic rings. The van der Waals surface area contributed by atoms with Crippen LogP contribution in [-0.4, -0.2) is 17.3 Å². The lowest BCUT2D eigenvalue weighted by Gasteiger charge is -2.15. The summed E-state index contributed by atoms with van der Waals surface area (Å²) in [4.78, 5) is 0. The lowest BCUT2D eigenvalue weighted by atomic mass is 9.81. The average Bonchev–Trinajstić information content (AvgIpc) is 3.04. The fourth-order valence-electron chi connectivity index (χ4n) is 5.49. The van der Waals surface area contributed by atoms with Gasteiger partial charge in [0.05, 0.1) is 5.41 Å². The number of hydrogen-bond donors (Lipinski definition) is 1. The van der Waals surface area contributed by atoms with E-state index < -0.39 is 0 Å². The highest BCUT2D eigenvalue weighted by Crippen LogP contribution is 2.39. The number of halogens is 1. The molecule has 1 heterocycles. The smallest absolute Gasteiger partial charge is 0.209 e. The van der Waals surface area contributed by atoms with Gasteiger partial charge < -0.3 is 17.7 Å². The molecule has 5 aromatic rings. The van der Waals surface area contributed by atoms with Gasteiger partial charge in [-0.1, -0.05) is 78.9 Å². The normalized spacial score (nSPS) is 14.7. The van der Waals surface area contributed by atoms with Gasteiger partial charge in [0.2, 0.25) is 5.69 Å². The van der Waals surface area contributed by atoms with Crippen LogP contribution in [0, 0.1) is 0 Å². The summed E-state index contributed by atoms with van der Waals surface area (Å²) in [5.74, 6) is 0. The molecule has 2 nitrogen and oxygen atoms in total. The number of nitrogens with zero attached hydrogens (tertiary/aromatic N) is 1. The van der Waals surface area contributed by atoms with Crippen LogP contribution in [0.15, 0.2) is 103 Å². The predicted molar refractivity (Wildman–Crippen MR) is 142 cm³/mol. The first-order chi connectivity index (χ1) is 16.1. The Bertz CT molecular complexity index is 1630. The average molecular weight is 463 g/mol. The van der Waals surface area contributed by atoms with E-state index in [-0.39, 0.29) is 17.8 Å². The van der Waals surface area contributed by atoms with Crippen molar-refractivity contribution in [2.24, 2.45) is 0 Å². The minimum Gasteiger partial charge on any atom is -1.00 e. The number of benzene rings is 5. The van der Waals surface area contributed by atoms with Crippen LogP contribution in [-0.2, 0) is 5.41 Å². The van der Waals surface area contributed by atoms with Crippen LogP contribution in [0.4, 0.5) is 11.4 Å². The third kappa shape index (κ3) is 3.29. The van der Waals surface area contributed by atoms with Crippen LogP contribution >= 0.6 is 0 Å². The Labute approximate surface area is 206 Å². The molecular weight excluding hydrogens is 436 g/mol. The zero-order valence-corrected chi connectivity index (χ0v) is 20.4. The van der Waals surface area contributed by atoms with Crippen molar-refractivity contribution in [3.63, 3.8) is 0 Å². The van der Waals surface area contributed by atoms with Crippen molar-refractivity contribution in [2.75, 3.05) is 12.4 Å². The number of nitrogens with one attached hydrogen (secondary N) is 1. The summed E-state index contributed by atoms with van der Waals surface area (Å²) in [6.45, 7) is 4.60. The van der Waals surface area contributed by atoms with Crippen LogP contribution in [0.1, 0.15) is 19.4 Å². The van der Waals surface area contributed by atoms with E-state index in [2.05, 4.69) is 134 Å². The number of hydrogen-bond acceptors (Lipinski definition) is 1. The molecule has 1 N–H and O–H groups in total. The van der Waals surface area contributed by atoms with Crippen molar-refractivity contribution in [2.45, 2.75) is 19.3 Å². The van der Waals surface area contributed by atoms with Gasteiger partial charge in [0, 0.05) is 35.0 Å². The van der Waals surface area contributed by atoms with Gasteiger partial charge in [-0.15, -0.1) is 0 Å². The van der Waals surface area contributed by atoms with Crippen LogP contribution < -0.4 is 17.7 Å². The maximum absolute atomic E-state index is 3.63. The number of fused-ring (bicyclic) bond motifs is 6. The number of rotatable bonds is 3. The molecular formula is C31H27ClN2. The first-order valence-corrected chi connectivity index (χ1v) is 11.5. The first kappa shape index (κ1) is 22.2. The minimum absolute atomic E-state index is 0. The zero-order valence-electron chi connectivity index (χ0n) is 19.6. The molecule has 0 saturated heterocycles. The molecule has 0 atom stereocenters. The molecule has 0 unspecified atom stereocenters. The molecule has 0 spiro atoms. The molecule has 0 bridgehead atoms. The summed E-state index contributed by atoms with van der Waals surface area (Å²) >= 11 is 0.